The van der Waals surface area contributed by atoms with Gasteiger partial charge in [-0.2, -0.15) is 18.3 Å². The van der Waals surface area contributed by atoms with Crippen molar-refractivity contribution < 1.29 is 27.5 Å². The number of nitrogens with zero attached hydrogens (tertiary/aromatic N) is 3. The van der Waals surface area contributed by atoms with E-state index in [-0.39, 0.29) is 40.0 Å². The van der Waals surface area contributed by atoms with Crippen LogP contribution in [-0.2, 0) is 10.9 Å². The number of aromatic nitrogens is 3. The second kappa shape index (κ2) is 9.97. The van der Waals surface area contributed by atoms with Crippen molar-refractivity contribution in [2.45, 2.75) is 46.7 Å². The maximum atomic E-state index is 14.0. The SMILES string of the molecule is CCOC(=O)c1c(NC(=O)c2cnn3c(C(F)(F)F)cc(-c4ccc(C(C)C)cc4)nc23)sc(C)c1C. The molecule has 0 unspecified atom stereocenters. The van der Waals surface area contributed by atoms with Crippen molar-refractivity contribution in [1.29, 1.82) is 0 Å². The third kappa shape index (κ3) is 5.08. The summed E-state index contributed by atoms with van der Waals surface area (Å²) in [6.45, 7) is 9.38. The monoisotopic (exact) mass is 530 g/mol. The van der Waals surface area contributed by atoms with E-state index in [0.717, 1.165) is 22.7 Å². The number of nitrogens with one attached hydrogen (secondary N) is 1. The molecule has 4 rings (SSSR count). The lowest BCUT2D eigenvalue weighted by Crippen LogP contribution is -2.16. The number of ether oxygens (including phenoxy) is 1. The molecule has 1 amide bonds. The Hall–Kier alpha value is -3.73. The molecule has 0 aliphatic carbocycles. The van der Waals surface area contributed by atoms with Gasteiger partial charge in [0.1, 0.15) is 10.6 Å². The number of hydrogen-bond acceptors (Lipinski definition) is 6. The van der Waals surface area contributed by atoms with Crippen LogP contribution in [0.15, 0.2) is 36.5 Å². The van der Waals surface area contributed by atoms with Gasteiger partial charge in [0, 0.05) is 10.4 Å². The first-order valence-corrected chi connectivity index (χ1v) is 12.4. The zero-order valence-corrected chi connectivity index (χ0v) is 21.7. The molecule has 0 aliphatic heterocycles. The Balaban J connectivity index is 1.80. The quantitative estimate of drug-likeness (QED) is 0.282. The Labute approximate surface area is 215 Å². The van der Waals surface area contributed by atoms with Crippen LogP contribution < -0.4 is 5.32 Å². The average molecular weight is 531 g/mol. The average Bonchev–Trinajstić information content (AvgIpc) is 3.38. The fourth-order valence-corrected chi connectivity index (χ4v) is 4.89. The number of alkyl halides is 3. The van der Waals surface area contributed by atoms with Crippen molar-refractivity contribution >= 4 is 33.9 Å². The van der Waals surface area contributed by atoms with Gasteiger partial charge in [0.15, 0.2) is 11.3 Å². The molecule has 0 bridgehead atoms. The van der Waals surface area contributed by atoms with Crippen LogP contribution in [0, 0.1) is 13.8 Å². The van der Waals surface area contributed by atoms with Crippen molar-refractivity contribution in [3.05, 3.63) is 69.4 Å². The highest BCUT2D eigenvalue weighted by Crippen LogP contribution is 2.35. The minimum absolute atomic E-state index is 0.0553. The van der Waals surface area contributed by atoms with Gasteiger partial charge in [-0.25, -0.2) is 14.3 Å². The van der Waals surface area contributed by atoms with Crippen LogP contribution >= 0.6 is 11.3 Å². The zero-order valence-electron chi connectivity index (χ0n) is 20.9. The lowest BCUT2D eigenvalue weighted by molar-refractivity contribution is -0.142. The van der Waals surface area contributed by atoms with E-state index in [0.29, 0.717) is 15.6 Å². The van der Waals surface area contributed by atoms with E-state index in [4.69, 9.17) is 4.74 Å². The number of carbonyl (C=O) groups excluding carboxylic acids is 2. The molecule has 7 nitrogen and oxygen atoms in total. The van der Waals surface area contributed by atoms with Gasteiger partial charge in [0.2, 0.25) is 0 Å². The number of carbonyl (C=O) groups is 2. The summed E-state index contributed by atoms with van der Waals surface area (Å²) < 4.78 is 47.6. The molecule has 3 heterocycles. The number of esters is 1. The van der Waals surface area contributed by atoms with Gasteiger partial charge < -0.3 is 10.1 Å². The number of halogens is 3. The molecule has 0 saturated carbocycles. The number of thiophene rings is 1. The first-order valence-electron chi connectivity index (χ1n) is 11.6. The summed E-state index contributed by atoms with van der Waals surface area (Å²) in [4.78, 5) is 30.9. The molecular weight excluding hydrogens is 505 g/mol. The molecular formula is C26H25F3N4O3S. The molecule has 0 radical (unpaired) electrons. The van der Waals surface area contributed by atoms with Crippen molar-refractivity contribution in [3.63, 3.8) is 0 Å². The number of hydrogen-bond donors (Lipinski definition) is 1. The Morgan fingerprint density at radius 2 is 1.84 bits per heavy atom. The number of anilines is 1. The van der Waals surface area contributed by atoms with E-state index in [9.17, 15) is 22.8 Å². The molecule has 194 valence electrons. The van der Waals surface area contributed by atoms with Crippen molar-refractivity contribution in [2.75, 3.05) is 11.9 Å². The van der Waals surface area contributed by atoms with Crippen molar-refractivity contribution in [2.24, 2.45) is 0 Å². The summed E-state index contributed by atoms with van der Waals surface area (Å²) in [7, 11) is 0. The predicted octanol–water partition coefficient (Wildman–Crippen LogP) is 6.65. The standard InChI is InChI=1S/C26H25F3N4O3S/c1-6-36-25(35)21-14(4)15(5)37-24(21)32-23(34)18-12-30-33-20(26(27,28)29)11-19(31-22(18)33)17-9-7-16(8-10-17)13(2)3/h7-13H,6H2,1-5H3,(H,32,34). The van der Waals surface area contributed by atoms with Gasteiger partial charge in [0.05, 0.1) is 24.1 Å². The summed E-state index contributed by atoms with van der Waals surface area (Å²) in [6, 6.07) is 7.99. The number of fused-ring (bicyclic) bond motifs is 1. The van der Waals surface area contributed by atoms with Gasteiger partial charge in [-0.15, -0.1) is 11.3 Å². The van der Waals surface area contributed by atoms with Gasteiger partial charge in [-0.3, -0.25) is 4.79 Å². The summed E-state index contributed by atoms with van der Waals surface area (Å²) >= 11 is 1.18. The van der Waals surface area contributed by atoms with E-state index in [2.05, 4.69) is 15.4 Å². The second-order valence-corrected chi connectivity index (χ2v) is 9.98. The summed E-state index contributed by atoms with van der Waals surface area (Å²) in [6.07, 6.45) is -3.71. The van der Waals surface area contributed by atoms with Gasteiger partial charge in [-0.05, 0) is 43.9 Å². The molecule has 1 aromatic carbocycles. The molecule has 1 N–H and O–H groups in total. The van der Waals surface area contributed by atoms with E-state index in [1.807, 2.05) is 26.0 Å². The molecule has 37 heavy (non-hydrogen) atoms. The maximum Gasteiger partial charge on any atom is 0.433 e. The minimum atomic E-state index is -4.74. The highest BCUT2D eigenvalue weighted by Gasteiger charge is 2.36. The number of aryl methyl sites for hydroxylation is 1. The molecule has 3 aromatic heterocycles. The van der Waals surface area contributed by atoms with Crippen LogP contribution in [0.5, 0.6) is 0 Å². The second-order valence-electron chi connectivity index (χ2n) is 8.76. The molecule has 0 spiro atoms. The molecule has 0 atom stereocenters. The van der Waals surface area contributed by atoms with Gasteiger partial charge >= 0.3 is 12.1 Å². The van der Waals surface area contributed by atoms with Gasteiger partial charge in [0.25, 0.3) is 5.91 Å². The summed E-state index contributed by atoms with van der Waals surface area (Å²) in [5.41, 5.74) is 0.951. The van der Waals surface area contributed by atoms with E-state index < -0.39 is 23.7 Å². The fourth-order valence-electron chi connectivity index (χ4n) is 3.85. The third-order valence-corrected chi connectivity index (χ3v) is 7.09. The number of rotatable bonds is 6. The molecule has 4 aromatic rings. The smallest absolute Gasteiger partial charge is 0.433 e. The van der Waals surface area contributed by atoms with E-state index in [1.54, 1.807) is 32.9 Å². The summed E-state index contributed by atoms with van der Waals surface area (Å²) in [5, 5.41) is 6.71. The summed E-state index contributed by atoms with van der Waals surface area (Å²) in [5.74, 6) is -1.08. The fraction of sp³-hybridized carbons (Fsp3) is 0.308. The van der Waals surface area contributed by atoms with Gasteiger partial charge in [-0.1, -0.05) is 38.1 Å². The number of amides is 1. The molecule has 0 fully saturated rings. The zero-order chi connectivity index (χ0) is 27.1. The predicted molar refractivity (Wildman–Crippen MR) is 135 cm³/mol. The largest absolute Gasteiger partial charge is 0.462 e. The Kier molecular flexibility index (Phi) is 7.09. The minimum Gasteiger partial charge on any atom is -0.462 e. The van der Waals surface area contributed by atoms with Crippen LogP contribution in [0.1, 0.15) is 69.1 Å². The lowest BCUT2D eigenvalue weighted by atomic mass is 10.0. The van der Waals surface area contributed by atoms with Crippen LogP contribution in [0.25, 0.3) is 16.9 Å². The van der Waals surface area contributed by atoms with E-state index >= 15 is 0 Å². The van der Waals surface area contributed by atoms with E-state index in [1.165, 1.54) is 11.3 Å². The first-order chi connectivity index (χ1) is 17.4. The maximum absolute atomic E-state index is 14.0. The van der Waals surface area contributed by atoms with Crippen molar-refractivity contribution in [1.82, 2.24) is 14.6 Å². The van der Waals surface area contributed by atoms with Crippen molar-refractivity contribution in [3.8, 4) is 11.3 Å². The van der Waals surface area contributed by atoms with Crippen LogP contribution in [0.3, 0.4) is 0 Å². The topological polar surface area (TPSA) is 85.6 Å². The Morgan fingerprint density at radius 3 is 2.43 bits per heavy atom. The normalized spacial score (nSPS) is 11.8. The van der Waals surface area contributed by atoms with Crippen LogP contribution in [0.4, 0.5) is 18.2 Å². The highest BCUT2D eigenvalue weighted by atomic mass is 32.1. The highest BCUT2D eigenvalue weighted by molar-refractivity contribution is 7.16. The molecule has 0 aliphatic rings. The Morgan fingerprint density at radius 1 is 1.16 bits per heavy atom. The Bertz CT molecular complexity index is 1490. The number of benzene rings is 1. The third-order valence-electron chi connectivity index (χ3n) is 5.97. The molecule has 11 heteroatoms. The van der Waals surface area contributed by atoms with Crippen LogP contribution in [0.2, 0.25) is 0 Å². The first kappa shape index (κ1) is 26.3. The van der Waals surface area contributed by atoms with Crippen LogP contribution in [-0.4, -0.2) is 33.1 Å². The molecule has 0 saturated heterocycles. The lowest BCUT2D eigenvalue weighted by Gasteiger charge is -2.12.